The molecule has 0 aliphatic heterocycles. The number of hydrogen-bond donors (Lipinski definition) is 0. The number of quaternary nitrogens is 1. The number of pyridine rings is 1. The fourth-order valence-electron chi connectivity index (χ4n) is 2.62. The molecule has 2 nitrogen and oxygen atoms in total. The Bertz CT molecular complexity index is 556. The molecule has 1 radical (unpaired) electrons. The minimum Gasteiger partial charge on any atom is -0.305 e. The van der Waals surface area contributed by atoms with Gasteiger partial charge in [0.25, 0.3) is 0 Å². The largest absolute Gasteiger partial charge is 0.305 e. The first-order chi connectivity index (χ1) is 9.46. The van der Waals surface area contributed by atoms with Gasteiger partial charge in [0.15, 0.2) is 0 Å². The molecule has 0 fully saturated rings. The zero-order valence-corrected chi connectivity index (χ0v) is 15.8. The predicted octanol–water partition coefficient (Wildman–Crippen LogP) is 4.30. The SMILES string of the molecule is CC(C)[N+](C)(c1cc[c-]c(-c2ccccn2)c1)C(C)C.[Ir]. The summed E-state index contributed by atoms with van der Waals surface area (Å²) in [7, 11) is 2.30. The summed E-state index contributed by atoms with van der Waals surface area (Å²) in [5, 5.41) is 0. The molecular formula is C18H24IrN2. The van der Waals surface area contributed by atoms with E-state index in [9.17, 15) is 0 Å². The molecule has 2 rings (SSSR count). The normalized spacial score (nSPS) is 11.6. The number of rotatable bonds is 4. The second kappa shape index (κ2) is 7.31. The van der Waals surface area contributed by atoms with E-state index in [-0.39, 0.29) is 20.1 Å². The number of aromatic nitrogens is 1. The first-order valence-electron chi connectivity index (χ1n) is 7.26. The summed E-state index contributed by atoms with van der Waals surface area (Å²) in [6, 6.07) is 16.7. The Hall–Kier alpha value is -1.02. The maximum Gasteiger partial charge on any atom is 0.0867 e. The Balaban J connectivity index is 0.00000220. The van der Waals surface area contributed by atoms with E-state index in [4.69, 9.17) is 0 Å². The van der Waals surface area contributed by atoms with Crippen LogP contribution in [0, 0.1) is 6.07 Å². The van der Waals surface area contributed by atoms with Crippen molar-refractivity contribution in [2.24, 2.45) is 0 Å². The van der Waals surface area contributed by atoms with Crippen LogP contribution in [0.2, 0.25) is 0 Å². The average molecular weight is 461 g/mol. The van der Waals surface area contributed by atoms with Crippen LogP contribution in [0.4, 0.5) is 5.69 Å². The minimum absolute atomic E-state index is 0. The van der Waals surface area contributed by atoms with Gasteiger partial charge < -0.3 is 9.47 Å². The summed E-state index contributed by atoms with van der Waals surface area (Å²) in [5.41, 5.74) is 3.36. The molecular weight excluding hydrogens is 436 g/mol. The van der Waals surface area contributed by atoms with Crippen molar-refractivity contribution in [3.05, 3.63) is 48.7 Å². The van der Waals surface area contributed by atoms with E-state index in [0.717, 1.165) is 15.7 Å². The quantitative estimate of drug-likeness (QED) is 0.490. The minimum atomic E-state index is 0. The van der Waals surface area contributed by atoms with Crippen molar-refractivity contribution < 1.29 is 20.1 Å². The van der Waals surface area contributed by atoms with Crippen molar-refractivity contribution in [2.45, 2.75) is 39.8 Å². The second-order valence-electron chi connectivity index (χ2n) is 6.01. The smallest absolute Gasteiger partial charge is 0.0867 e. The van der Waals surface area contributed by atoms with Crippen molar-refractivity contribution >= 4 is 5.69 Å². The number of nitrogens with zero attached hydrogens (tertiary/aromatic N) is 2. The fourth-order valence-corrected chi connectivity index (χ4v) is 2.62. The van der Waals surface area contributed by atoms with Gasteiger partial charge in [-0.2, -0.15) is 0 Å². The molecule has 1 heterocycles. The van der Waals surface area contributed by atoms with Gasteiger partial charge >= 0.3 is 0 Å². The number of benzene rings is 1. The van der Waals surface area contributed by atoms with Crippen LogP contribution in [0.15, 0.2) is 42.6 Å². The Morgan fingerprint density at radius 3 is 2.24 bits per heavy atom. The topological polar surface area (TPSA) is 12.9 Å². The van der Waals surface area contributed by atoms with E-state index in [1.165, 1.54) is 5.69 Å². The van der Waals surface area contributed by atoms with Crippen LogP contribution in [0.3, 0.4) is 0 Å². The molecule has 0 bridgehead atoms. The van der Waals surface area contributed by atoms with Gasteiger partial charge in [-0.1, -0.05) is 24.3 Å². The molecule has 1 aromatic carbocycles. The van der Waals surface area contributed by atoms with Crippen LogP contribution in [0.5, 0.6) is 0 Å². The van der Waals surface area contributed by atoms with Gasteiger partial charge in [-0.05, 0) is 39.5 Å². The summed E-state index contributed by atoms with van der Waals surface area (Å²) in [6.45, 7) is 9.10. The summed E-state index contributed by atoms with van der Waals surface area (Å²) in [5.74, 6) is 0. The first kappa shape index (κ1) is 18.0. The van der Waals surface area contributed by atoms with Crippen molar-refractivity contribution in [1.29, 1.82) is 0 Å². The van der Waals surface area contributed by atoms with Crippen molar-refractivity contribution in [3.8, 4) is 11.3 Å². The van der Waals surface area contributed by atoms with Gasteiger partial charge in [0.05, 0.1) is 24.8 Å². The maximum atomic E-state index is 4.42. The van der Waals surface area contributed by atoms with Crippen LogP contribution < -0.4 is 4.48 Å². The molecule has 3 heteroatoms. The maximum absolute atomic E-state index is 4.42. The number of hydrogen-bond acceptors (Lipinski definition) is 1. The van der Waals surface area contributed by atoms with Gasteiger partial charge in [0.1, 0.15) is 0 Å². The molecule has 2 aromatic rings. The molecule has 0 aliphatic carbocycles. The summed E-state index contributed by atoms with van der Waals surface area (Å²) >= 11 is 0. The molecule has 0 saturated carbocycles. The molecule has 0 N–H and O–H groups in total. The summed E-state index contributed by atoms with van der Waals surface area (Å²) in [4.78, 5) is 4.42. The van der Waals surface area contributed by atoms with E-state index in [2.05, 4.69) is 57.9 Å². The van der Waals surface area contributed by atoms with Crippen LogP contribution in [-0.2, 0) is 20.1 Å². The van der Waals surface area contributed by atoms with Gasteiger partial charge in [0, 0.05) is 26.3 Å². The predicted molar refractivity (Wildman–Crippen MR) is 86.5 cm³/mol. The van der Waals surface area contributed by atoms with E-state index < -0.39 is 0 Å². The van der Waals surface area contributed by atoms with Crippen LogP contribution in [0.25, 0.3) is 11.3 Å². The van der Waals surface area contributed by atoms with Gasteiger partial charge in [0.2, 0.25) is 0 Å². The van der Waals surface area contributed by atoms with Crippen LogP contribution in [-0.4, -0.2) is 24.1 Å². The molecule has 1 aromatic heterocycles. The third-order valence-corrected chi connectivity index (χ3v) is 4.43. The molecule has 115 valence electrons. The third-order valence-electron chi connectivity index (χ3n) is 4.43. The van der Waals surface area contributed by atoms with E-state index in [1.54, 1.807) is 0 Å². The zero-order chi connectivity index (χ0) is 14.8. The van der Waals surface area contributed by atoms with E-state index in [0.29, 0.717) is 12.1 Å². The zero-order valence-electron chi connectivity index (χ0n) is 13.4. The van der Waals surface area contributed by atoms with Crippen molar-refractivity contribution in [1.82, 2.24) is 9.47 Å². The molecule has 21 heavy (non-hydrogen) atoms. The standard InChI is InChI=1S/C18H24N2.Ir/c1-14(2)20(5,15(3)4)17-10-8-9-16(13-17)18-11-6-7-12-19-18;/h6-8,10-15H,1-5H3;. The third kappa shape index (κ3) is 3.60. The van der Waals surface area contributed by atoms with Gasteiger partial charge in [-0.25, -0.2) is 0 Å². The summed E-state index contributed by atoms with van der Waals surface area (Å²) in [6.07, 6.45) is 1.83. The second-order valence-corrected chi connectivity index (χ2v) is 6.01. The van der Waals surface area contributed by atoms with Crippen LogP contribution in [0.1, 0.15) is 27.7 Å². The molecule has 0 spiro atoms. The molecule has 0 unspecified atom stereocenters. The molecule has 0 saturated heterocycles. The molecule has 0 amide bonds. The van der Waals surface area contributed by atoms with E-state index >= 15 is 0 Å². The molecule has 0 atom stereocenters. The van der Waals surface area contributed by atoms with E-state index in [1.807, 2.05) is 30.5 Å². The van der Waals surface area contributed by atoms with Crippen molar-refractivity contribution in [3.63, 3.8) is 0 Å². The van der Waals surface area contributed by atoms with Gasteiger partial charge in [-0.15, -0.1) is 17.7 Å². The van der Waals surface area contributed by atoms with Gasteiger partial charge in [-0.3, -0.25) is 0 Å². The Kier molecular flexibility index (Phi) is 6.27. The monoisotopic (exact) mass is 461 g/mol. The fraction of sp³-hybridized carbons (Fsp3) is 0.389. The Morgan fingerprint density at radius 2 is 1.71 bits per heavy atom. The Morgan fingerprint density at radius 1 is 1.05 bits per heavy atom. The van der Waals surface area contributed by atoms with Crippen LogP contribution >= 0.6 is 0 Å². The average Bonchev–Trinajstić information content (AvgIpc) is 2.47. The Labute approximate surface area is 142 Å². The molecule has 0 aliphatic rings. The van der Waals surface area contributed by atoms with Crippen molar-refractivity contribution in [2.75, 3.05) is 7.05 Å². The first-order valence-corrected chi connectivity index (χ1v) is 7.26. The summed E-state index contributed by atoms with van der Waals surface area (Å²) < 4.78 is 0.911.